The zero-order valence-electron chi connectivity index (χ0n) is 11.3. The molecule has 0 bridgehead atoms. The van der Waals surface area contributed by atoms with E-state index < -0.39 is 0 Å². The highest BCUT2D eigenvalue weighted by atomic mass is 35.5. The molecule has 0 aliphatic rings. The number of halogens is 1. The minimum absolute atomic E-state index is 0. The molecule has 1 heterocycles. The summed E-state index contributed by atoms with van der Waals surface area (Å²) in [5.74, 6) is 0.655. The van der Waals surface area contributed by atoms with Gasteiger partial charge in [0.2, 0.25) is 0 Å². The summed E-state index contributed by atoms with van der Waals surface area (Å²) in [6, 6.07) is 20.8. The third-order valence-electron chi connectivity index (χ3n) is 3.12. The minimum atomic E-state index is 0. The average Bonchev–Trinajstić information content (AvgIpc) is 3.03. The van der Waals surface area contributed by atoms with Crippen LogP contribution in [0.5, 0.6) is 0 Å². The van der Waals surface area contributed by atoms with E-state index in [1.165, 1.54) is 11.1 Å². The number of nitrogens with zero attached hydrogens (tertiary/aromatic N) is 3. The summed E-state index contributed by atoms with van der Waals surface area (Å²) in [7, 11) is 0. The summed E-state index contributed by atoms with van der Waals surface area (Å²) in [6.07, 6.45) is 0. The fourth-order valence-electron chi connectivity index (χ4n) is 2.17. The van der Waals surface area contributed by atoms with Gasteiger partial charge in [0, 0.05) is 0 Å². The molecular formula is C15H16ClN5. The summed E-state index contributed by atoms with van der Waals surface area (Å²) < 4.78 is 0. The lowest BCUT2D eigenvalue weighted by Gasteiger charge is -2.19. The van der Waals surface area contributed by atoms with E-state index in [2.05, 4.69) is 50.2 Å². The monoisotopic (exact) mass is 301 g/mol. The van der Waals surface area contributed by atoms with E-state index in [1.54, 1.807) is 0 Å². The predicted octanol–water partition coefficient (Wildman–Crippen LogP) is 2.50. The summed E-state index contributed by atoms with van der Waals surface area (Å²) in [4.78, 5) is 0. The predicted molar refractivity (Wildman–Crippen MR) is 83.0 cm³/mol. The number of rotatable bonds is 5. The number of aromatic nitrogens is 4. The van der Waals surface area contributed by atoms with Crippen LogP contribution >= 0.6 is 12.4 Å². The Hall–Kier alpha value is -2.24. The van der Waals surface area contributed by atoms with E-state index in [4.69, 9.17) is 0 Å². The molecule has 108 valence electrons. The van der Waals surface area contributed by atoms with Crippen LogP contribution in [0.4, 0.5) is 0 Å². The summed E-state index contributed by atoms with van der Waals surface area (Å²) in [6.45, 7) is 0.560. The Morgan fingerprint density at radius 1 is 0.905 bits per heavy atom. The van der Waals surface area contributed by atoms with Gasteiger partial charge in [-0.2, -0.15) is 5.21 Å². The number of benzene rings is 2. The van der Waals surface area contributed by atoms with Crippen LogP contribution < -0.4 is 5.32 Å². The maximum absolute atomic E-state index is 3.97. The van der Waals surface area contributed by atoms with Crippen LogP contribution in [-0.4, -0.2) is 20.6 Å². The normalized spacial score (nSPS) is 10.3. The van der Waals surface area contributed by atoms with Gasteiger partial charge in [-0.1, -0.05) is 65.9 Å². The van der Waals surface area contributed by atoms with Crippen molar-refractivity contribution in [2.24, 2.45) is 0 Å². The Labute approximate surface area is 129 Å². The van der Waals surface area contributed by atoms with E-state index in [9.17, 15) is 0 Å². The van der Waals surface area contributed by atoms with Crippen molar-refractivity contribution in [2.75, 3.05) is 0 Å². The van der Waals surface area contributed by atoms with E-state index in [1.807, 2.05) is 36.4 Å². The first kappa shape index (κ1) is 15.2. The Bertz CT molecular complexity index is 588. The van der Waals surface area contributed by atoms with Crippen LogP contribution in [0.25, 0.3) is 0 Å². The third-order valence-corrected chi connectivity index (χ3v) is 3.12. The summed E-state index contributed by atoms with van der Waals surface area (Å²) in [5, 5.41) is 17.4. The van der Waals surface area contributed by atoms with E-state index in [-0.39, 0.29) is 18.4 Å². The molecule has 0 saturated heterocycles. The highest BCUT2D eigenvalue weighted by molar-refractivity contribution is 5.85. The SMILES string of the molecule is Cl.c1ccc(C(NCc2nn[nH]n2)c2ccccc2)cc1. The van der Waals surface area contributed by atoms with Gasteiger partial charge in [-0.25, -0.2) is 0 Å². The van der Waals surface area contributed by atoms with Crippen LogP contribution in [-0.2, 0) is 6.54 Å². The van der Waals surface area contributed by atoms with Crippen LogP contribution in [0.2, 0.25) is 0 Å². The molecule has 6 heteroatoms. The second-order valence-electron chi connectivity index (χ2n) is 4.46. The van der Waals surface area contributed by atoms with Crippen LogP contribution in [0, 0.1) is 0 Å². The highest BCUT2D eigenvalue weighted by Crippen LogP contribution is 2.21. The van der Waals surface area contributed by atoms with Crippen molar-refractivity contribution in [1.82, 2.24) is 25.9 Å². The molecule has 2 aromatic carbocycles. The Morgan fingerprint density at radius 3 is 1.95 bits per heavy atom. The fourth-order valence-corrected chi connectivity index (χ4v) is 2.17. The zero-order chi connectivity index (χ0) is 13.6. The van der Waals surface area contributed by atoms with Crippen LogP contribution in [0.1, 0.15) is 23.0 Å². The number of aromatic amines is 1. The van der Waals surface area contributed by atoms with Gasteiger partial charge in [-0.3, -0.25) is 5.32 Å². The molecule has 0 saturated carbocycles. The molecule has 2 N–H and O–H groups in total. The highest BCUT2D eigenvalue weighted by Gasteiger charge is 2.13. The lowest BCUT2D eigenvalue weighted by Crippen LogP contribution is -2.22. The van der Waals surface area contributed by atoms with E-state index in [0.29, 0.717) is 12.4 Å². The number of tetrazole rings is 1. The van der Waals surface area contributed by atoms with E-state index >= 15 is 0 Å². The van der Waals surface area contributed by atoms with Gasteiger partial charge in [0.05, 0.1) is 12.6 Å². The minimum Gasteiger partial charge on any atom is -0.299 e. The molecule has 0 aliphatic heterocycles. The van der Waals surface area contributed by atoms with Crippen molar-refractivity contribution in [2.45, 2.75) is 12.6 Å². The van der Waals surface area contributed by atoms with Crippen molar-refractivity contribution >= 4 is 12.4 Å². The van der Waals surface area contributed by atoms with Gasteiger partial charge in [-0.15, -0.1) is 22.6 Å². The Kier molecular flexibility index (Phi) is 5.43. The molecule has 0 radical (unpaired) electrons. The Balaban J connectivity index is 0.00000161. The van der Waals surface area contributed by atoms with Gasteiger partial charge in [0.25, 0.3) is 0 Å². The number of H-pyrrole nitrogens is 1. The van der Waals surface area contributed by atoms with Crippen molar-refractivity contribution in [3.63, 3.8) is 0 Å². The van der Waals surface area contributed by atoms with Crippen LogP contribution in [0.3, 0.4) is 0 Å². The molecule has 0 atom stereocenters. The van der Waals surface area contributed by atoms with E-state index in [0.717, 1.165) is 0 Å². The molecular weight excluding hydrogens is 286 g/mol. The molecule has 0 unspecified atom stereocenters. The van der Waals surface area contributed by atoms with Gasteiger partial charge >= 0.3 is 0 Å². The van der Waals surface area contributed by atoms with Gasteiger partial charge in [0.15, 0.2) is 5.82 Å². The number of hydrogen-bond acceptors (Lipinski definition) is 4. The maximum Gasteiger partial charge on any atom is 0.188 e. The second kappa shape index (κ2) is 7.52. The largest absolute Gasteiger partial charge is 0.299 e. The zero-order valence-corrected chi connectivity index (χ0v) is 12.1. The first-order valence-electron chi connectivity index (χ1n) is 6.49. The van der Waals surface area contributed by atoms with Crippen molar-refractivity contribution in [3.8, 4) is 0 Å². The molecule has 0 aliphatic carbocycles. The van der Waals surface area contributed by atoms with Crippen molar-refractivity contribution in [1.29, 1.82) is 0 Å². The first-order chi connectivity index (χ1) is 9.93. The lowest BCUT2D eigenvalue weighted by atomic mass is 9.99. The maximum atomic E-state index is 3.97. The second-order valence-corrected chi connectivity index (χ2v) is 4.46. The number of nitrogens with one attached hydrogen (secondary N) is 2. The van der Waals surface area contributed by atoms with Crippen molar-refractivity contribution in [3.05, 3.63) is 77.6 Å². The van der Waals surface area contributed by atoms with Gasteiger partial charge in [-0.05, 0) is 11.1 Å². The Morgan fingerprint density at radius 2 is 1.48 bits per heavy atom. The summed E-state index contributed by atoms with van der Waals surface area (Å²) >= 11 is 0. The quantitative estimate of drug-likeness (QED) is 0.760. The third kappa shape index (κ3) is 3.87. The van der Waals surface area contributed by atoms with Gasteiger partial charge < -0.3 is 0 Å². The molecule has 0 fully saturated rings. The molecule has 3 rings (SSSR count). The fraction of sp³-hybridized carbons (Fsp3) is 0.133. The summed E-state index contributed by atoms with van der Waals surface area (Å²) in [5.41, 5.74) is 2.42. The topological polar surface area (TPSA) is 66.5 Å². The molecule has 0 spiro atoms. The number of hydrogen-bond donors (Lipinski definition) is 2. The molecule has 5 nitrogen and oxygen atoms in total. The molecule has 3 aromatic rings. The van der Waals surface area contributed by atoms with Crippen molar-refractivity contribution < 1.29 is 0 Å². The first-order valence-corrected chi connectivity index (χ1v) is 6.49. The molecule has 1 aromatic heterocycles. The average molecular weight is 302 g/mol. The molecule has 0 amide bonds. The lowest BCUT2D eigenvalue weighted by molar-refractivity contribution is 0.587. The van der Waals surface area contributed by atoms with Crippen LogP contribution in [0.15, 0.2) is 60.7 Å². The van der Waals surface area contributed by atoms with Gasteiger partial charge in [0.1, 0.15) is 0 Å². The smallest absolute Gasteiger partial charge is 0.188 e. The standard InChI is InChI=1S/C15H15N5.ClH/c1-3-7-12(8-4-1)15(13-9-5-2-6-10-13)16-11-14-17-19-20-18-14;/h1-10,15-16H,11H2,(H,17,18,19,20);1H. The molecule has 21 heavy (non-hydrogen) atoms.